The molecule has 21 heavy (non-hydrogen) atoms. The molecule has 2 rings (SSSR count). The maximum atomic E-state index is 11.8. The Morgan fingerprint density at radius 1 is 1.14 bits per heavy atom. The highest BCUT2D eigenvalue weighted by Gasteiger charge is 2.25. The largest absolute Gasteiger partial charge is 0.464 e. The third kappa shape index (κ3) is 4.70. The van der Waals surface area contributed by atoms with Gasteiger partial charge in [0, 0.05) is 18.4 Å². The molecule has 0 heterocycles. The highest BCUT2D eigenvalue weighted by Crippen LogP contribution is 2.22. The van der Waals surface area contributed by atoms with Crippen LogP contribution in [0.2, 0.25) is 0 Å². The summed E-state index contributed by atoms with van der Waals surface area (Å²) in [5.41, 5.74) is 0.578. The standard InChI is InChI=1S/C16H19NO4/c18-14-8-6-13(7-9-14)16(20)21-11-10-17-15(19)12-4-2-1-3-5-12/h1-5,13H,6-11H2,(H,17,19). The number of esters is 1. The lowest BCUT2D eigenvalue weighted by molar-refractivity contribution is -0.149. The summed E-state index contributed by atoms with van der Waals surface area (Å²) in [5.74, 6) is -0.409. The Kier molecular flexibility index (Phi) is 5.49. The second-order valence-corrected chi connectivity index (χ2v) is 5.10. The molecule has 112 valence electrons. The number of amides is 1. The molecule has 1 fully saturated rings. The summed E-state index contributed by atoms with van der Waals surface area (Å²) in [4.78, 5) is 34.6. The molecule has 0 atom stereocenters. The van der Waals surface area contributed by atoms with Crippen LogP contribution in [0.25, 0.3) is 0 Å². The van der Waals surface area contributed by atoms with E-state index in [1.807, 2.05) is 6.07 Å². The van der Waals surface area contributed by atoms with E-state index in [1.165, 1.54) is 0 Å². The molecule has 0 unspecified atom stereocenters. The molecule has 1 saturated carbocycles. The van der Waals surface area contributed by atoms with Gasteiger partial charge >= 0.3 is 5.97 Å². The Morgan fingerprint density at radius 2 is 1.81 bits per heavy atom. The van der Waals surface area contributed by atoms with Gasteiger partial charge in [-0.15, -0.1) is 0 Å². The third-order valence-electron chi connectivity index (χ3n) is 3.54. The van der Waals surface area contributed by atoms with Crippen molar-refractivity contribution in [2.45, 2.75) is 25.7 Å². The van der Waals surface area contributed by atoms with Crippen molar-refractivity contribution in [3.63, 3.8) is 0 Å². The first-order valence-electron chi connectivity index (χ1n) is 7.18. The Bertz CT molecular complexity index is 502. The molecular formula is C16H19NO4. The average Bonchev–Trinajstić information content (AvgIpc) is 2.52. The van der Waals surface area contributed by atoms with Crippen LogP contribution >= 0.6 is 0 Å². The van der Waals surface area contributed by atoms with Crippen LogP contribution in [0, 0.1) is 5.92 Å². The Hall–Kier alpha value is -2.17. The molecule has 0 aliphatic heterocycles. The van der Waals surface area contributed by atoms with Crippen molar-refractivity contribution in [1.29, 1.82) is 0 Å². The molecule has 5 nitrogen and oxygen atoms in total. The lowest BCUT2D eigenvalue weighted by Crippen LogP contribution is -2.30. The Balaban J connectivity index is 1.64. The minimum atomic E-state index is -0.267. The minimum absolute atomic E-state index is 0.155. The number of hydrogen-bond donors (Lipinski definition) is 1. The molecule has 1 aromatic rings. The van der Waals surface area contributed by atoms with Gasteiger partial charge < -0.3 is 10.1 Å². The van der Waals surface area contributed by atoms with Crippen molar-refractivity contribution in [3.8, 4) is 0 Å². The van der Waals surface area contributed by atoms with Crippen LogP contribution in [-0.2, 0) is 14.3 Å². The van der Waals surface area contributed by atoms with Crippen molar-refractivity contribution < 1.29 is 19.1 Å². The molecule has 0 spiro atoms. The third-order valence-corrected chi connectivity index (χ3v) is 3.54. The number of nitrogens with one attached hydrogen (secondary N) is 1. The van der Waals surface area contributed by atoms with Gasteiger partial charge in [0.15, 0.2) is 0 Å². The van der Waals surface area contributed by atoms with Crippen LogP contribution in [0.4, 0.5) is 0 Å². The number of Topliss-reactive ketones (excluding diaryl/α,β-unsaturated/α-hetero) is 1. The van der Waals surface area contributed by atoms with Gasteiger partial charge in [-0.05, 0) is 25.0 Å². The van der Waals surface area contributed by atoms with Crippen LogP contribution in [-0.4, -0.2) is 30.8 Å². The Morgan fingerprint density at radius 3 is 2.48 bits per heavy atom. The lowest BCUT2D eigenvalue weighted by atomic mass is 9.88. The van der Waals surface area contributed by atoms with Crippen molar-refractivity contribution in [1.82, 2.24) is 5.32 Å². The number of rotatable bonds is 5. The van der Waals surface area contributed by atoms with E-state index in [9.17, 15) is 14.4 Å². The second kappa shape index (κ2) is 7.57. The van der Waals surface area contributed by atoms with Crippen molar-refractivity contribution >= 4 is 17.7 Å². The molecule has 0 radical (unpaired) electrons. The molecule has 0 saturated heterocycles. The van der Waals surface area contributed by atoms with Gasteiger partial charge in [0.25, 0.3) is 5.91 Å². The topological polar surface area (TPSA) is 72.5 Å². The zero-order chi connectivity index (χ0) is 15.1. The van der Waals surface area contributed by atoms with E-state index < -0.39 is 0 Å². The summed E-state index contributed by atoms with van der Waals surface area (Å²) in [6, 6.07) is 8.87. The highest BCUT2D eigenvalue weighted by atomic mass is 16.5. The lowest BCUT2D eigenvalue weighted by Gasteiger charge is -2.19. The zero-order valence-corrected chi connectivity index (χ0v) is 11.8. The molecule has 1 amide bonds. The number of carbonyl (C=O) groups is 3. The van der Waals surface area contributed by atoms with E-state index in [4.69, 9.17) is 4.74 Å². The Labute approximate surface area is 123 Å². The summed E-state index contributed by atoms with van der Waals surface area (Å²) in [7, 11) is 0. The number of ketones is 1. The molecule has 0 bridgehead atoms. The molecule has 1 aliphatic rings. The predicted molar refractivity (Wildman–Crippen MR) is 76.7 cm³/mol. The van der Waals surface area contributed by atoms with Gasteiger partial charge in [-0.1, -0.05) is 18.2 Å². The number of ether oxygens (including phenoxy) is 1. The van der Waals surface area contributed by atoms with Crippen LogP contribution < -0.4 is 5.32 Å². The van der Waals surface area contributed by atoms with Gasteiger partial charge in [-0.2, -0.15) is 0 Å². The van der Waals surface area contributed by atoms with E-state index >= 15 is 0 Å². The molecule has 1 aliphatic carbocycles. The summed E-state index contributed by atoms with van der Waals surface area (Å²) in [6.45, 7) is 0.437. The van der Waals surface area contributed by atoms with E-state index in [1.54, 1.807) is 24.3 Å². The number of carbonyl (C=O) groups excluding carboxylic acids is 3. The fourth-order valence-electron chi connectivity index (χ4n) is 2.30. The minimum Gasteiger partial charge on any atom is -0.464 e. The number of benzene rings is 1. The maximum Gasteiger partial charge on any atom is 0.309 e. The fraction of sp³-hybridized carbons (Fsp3) is 0.438. The summed E-state index contributed by atoms with van der Waals surface area (Å²) in [5, 5.41) is 2.69. The smallest absolute Gasteiger partial charge is 0.309 e. The molecule has 1 N–H and O–H groups in total. The monoisotopic (exact) mass is 289 g/mol. The van der Waals surface area contributed by atoms with Gasteiger partial charge in [-0.25, -0.2) is 0 Å². The SMILES string of the molecule is O=C1CCC(C(=O)OCCNC(=O)c2ccccc2)CC1. The fourth-order valence-corrected chi connectivity index (χ4v) is 2.30. The van der Waals surface area contributed by atoms with Crippen LogP contribution in [0.1, 0.15) is 36.0 Å². The zero-order valence-electron chi connectivity index (χ0n) is 11.8. The van der Waals surface area contributed by atoms with Crippen LogP contribution in [0.15, 0.2) is 30.3 Å². The first-order chi connectivity index (χ1) is 10.2. The van der Waals surface area contributed by atoms with Gasteiger partial charge in [0.2, 0.25) is 0 Å². The van der Waals surface area contributed by atoms with Crippen LogP contribution in [0.3, 0.4) is 0 Å². The van der Waals surface area contributed by atoms with E-state index in [-0.39, 0.29) is 36.7 Å². The first-order valence-corrected chi connectivity index (χ1v) is 7.18. The first kappa shape index (κ1) is 15.2. The van der Waals surface area contributed by atoms with Crippen molar-refractivity contribution in [3.05, 3.63) is 35.9 Å². The van der Waals surface area contributed by atoms with E-state index in [2.05, 4.69) is 5.32 Å². The highest BCUT2D eigenvalue weighted by molar-refractivity contribution is 5.94. The predicted octanol–water partition coefficient (Wildman–Crippen LogP) is 1.72. The number of hydrogen-bond acceptors (Lipinski definition) is 4. The summed E-state index contributed by atoms with van der Waals surface area (Å²) in [6.07, 6.45) is 2.08. The quantitative estimate of drug-likeness (QED) is 0.661. The maximum absolute atomic E-state index is 11.8. The van der Waals surface area contributed by atoms with Gasteiger partial charge in [0.1, 0.15) is 12.4 Å². The van der Waals surface area contributed by atoms with E-state index in [0.717, 1.165) is 0 Å². The molecule has 1 aromatic carbocycles. The van der Waals surface area contributed by atoms with E-state index in [0.29, 0.717) is 31.2 Å². The van der Waals surface area contributed by atoms with Gasteiger partial charge in [-0.3, -0.25) is 14.4 Å². The molecule has 0 aromatic heterocycles. The summed E-state index contributed by atoms with van der Waals surface area (Å²) < 4.78 is 5.14. The normalized spacial score (nSPS) is 15.5. The van der Waals surface area contributed by atoms with Crippen LogP contribution in [0.5, 0.6) is 0 Å². The summed E-state index contributed by atoms with van der Waals surface area (Å²) >= 11 is 0. The van der Waals surface area contributed by atoms with Gasteiger partial charge in [0.05, 0.1) is 12.5 Å². The van der Waals surface area contributed by atoms with Crippen molar-refractivity contribution in [2.24, 2.45) is 5.92 Å². The van der Waals surface area contributed by atoms with Crippen molar-refractivity contribution in [2.75, 3.05) is 13.2 Å². The average molecular weight is 289 g/mol. The molecule has 5 heteroatoms. The molecular weight excluding hydrogens is 270 g/mol. The second-order valence-electron chi connectivity index (χ2n) is 5.10.